The standard InChI is InChI=1S/C15H10F2N4O3S/c1-9-7-21(14(25-9)19-13(22)20-5-4-18-8-20)10-2-3-11-12(6-10)24-15(16,17)23-11/h2-8H,1H3/b19-14-. The molecule has 0 radical (unpaired) electrons. The number of imidazole rings is 1. The molecular weight excluding hydrogens is 354 g/mol. The van der Waals surface area contributed by atoms with Gasteiger partial charge in [0.2, 0.25) is 0 Å². The lowest BCUT2D eigenvalue weighted by molar-refractivity contribution is -0.286. The van der Waals surface area contributed by atoms with Crippen LogP contribution in [-0.2, 0) is 0 Å². The zero-order valence-corrected chi connectivity index (χ0v) is 13.5. The Labute approximate surface area is 143 Å². The number of aryl methyl sites for hydroxylation is 1. The van der Waals surface area contributed by atoms with Crippen LogP contribution in [0.5, 0.6) is 11.5 Å². The second kappa shape index (κ2) is 5.52. The van der Waals surface area contributed by atoms with E-state index in [1.807, 2.05) is 6.92 Å². The van der Waals surface area contributed by atoms with Crippen molar-refractivity contribution in [3.05, 3.63) is 52.8 Å². The van der Waals surface area contributed by atoms with Crippen LogP contribution < -0.4 is 14.3 Å². The zero-order valence-electron chi connectivity index (χ0n) is 12.7. The SMILES string of the molecule is Cc1cn(-c2ccc3c(c2)OC(F)(F)O3)/c(=N/C(=O)n2ccnc2)s1. The van der Waals surface area contributed by atoms with Crippen molar-refractivity contribution in [2.24, 2.45) is 4.99 Å². The predicted molar refractivity (Wildman–Crippen MR) is 83.2 cm³/mol. The molecule has 0 bridgehead atoms. The number of thiazole rings is 1. The van der Waals surface area contributed by atoms with Crippen LogP contribution in [-0.4, -0.2) is 26.4 Å². The topological polar surface area (TPSA) is 70.6 Å². The molecule has 0 atom stereocenters. The van der Waals surface area contributed by atoms with Crippen LogP contribution in [0.1, 0.15) is 4.88 Å². The van der Waals surface area contributed by atoms with Crippen molar-refractivity contribution in [3.8, 4) is 17.2 Å². The largest absolute Gasteiger partial charge is 0.586 e. The number of ether oxygens (including phenoxy) is 2. The first-order valence-corrected chi connectivity index (χ1v) is 7.89. The third-order valence-electron chi connectivity index (χ3n) is 3.35. The van der Waals surface area contributed by atoms with Crippen molar-refractivity contribution in [1.29, 1.82) is 0 Å². The maximum atomic E-state index is 13.2. The molecular formula is C15H10F2N4O3S. The minimum atomic E-state index is -3.68. The summed E-state index contributed by atoms with van der Waals surface area (Å²) in [6, 6.07) is 3.85. The first kappa shape index (κ1) is 15.5. The third kappa shape index (κ3) is 2.91. The number of amides is 1. The number of hydrogen-bond acceptors (Lipinski definition) is 5. The minimum Gasteiger partial charge on any atom is -0.395 e. The smallest absolute Gasteiger partial charge is 0.395 e. The monoisotopic (exact) mass is 364 g/mol. The number of halogens is 2. The van der Waals surface area contributed by atoms with E-state index in [1.54, 1.807) is 16.8 Å². The van der Waals surface area contributed by atoms with Crippen molar-refractivity contribution in [1.82, 2.24) is 14.1 Å². The van der Waals surface area contributed by atoms with E-state index in [0.717, 1.165) is 4.88 Å². The Bertz CT molecular complexity index is 1020. The Kier molecular flexibility index (Phi) is 3.42. The van der Waals surface area contributed by atoms with Gasteiger partial charge < -0.3 is 9.47 Å². The number of rotatable bonds is 1. The molecule has 0 N–H and O–H groups in total. The van der Waals surface area contributed by atoms with Crippen LogP contribution >= 0.6 is 11.3 Å². The molecule has 1 aliphatic heterocycles. The molecule has 1 aliphatic rings. The van der Waals surface area contributed by atoms with Gasteiger partial charge in [0.15, 0.2) is 16.3 Å². The van der Waals surface area contributed by atoms with Gasteiger partial charge in [0.25, 0.3) is 0 Å². The maximum absolute atomic E-state index is 13.2. The molecule has 0 spiro atoms. The van der Waals surface area contributed by atoms with Gasteiger partial charge in [-0.05, 0) is 19.1 Å². The molecule has 2 aromatic heterocycles. The lowest BCUT2D eigenvalue weighted by Gasteiger charge is -2.05. The second-order valence-corrected chi connectivity index (χ2v) is 6.37. The summed E-state index contributed by atoms with van der Waals surface area (Å²) in [5.74, 6) is -0.125. The molecule has 0 unspecified atom stereocenters. The summed E-state index contributed by atoms with van der Waals surface area (Å²) in [6.45, 7) is 1.85. The number of benzene rings is 1. The predicted octanol–water partition coefficient (Wildman–Crippen LogP) is 2.93. The normalized spacial score (nSPS) is 15.6. The van der Waals surface area contributed by atoms with E-state index < -0.39 is 12.3 Å². The minimum absolute atomic E-state index is 0.0470. The van der Waals surface area contributed by atoms with E-state index in [0.29, 0.717) is 10.5 Å². The molecule has 3 heterocycles. The fourth-order valence-corrected chi connectivity index (χ4v) is 3.14. The van der Waals surface area contributed by atoms with Crippen molar-refractivity contribution in [3.63, 3.8) is 0 Å². The molecule has 7 nitrogen and oxygen atoms in total. The number of carbonyl (C=O) groups excluding carboxylic acids is 1. The van der Waals surface area contributed by atoms with E-state index >= 15 is 0 Å². The van der Waals surface area contributed by atoms with Crippen LogP contribution in [0.2, 0.25) is 0 Å². The summed E-state index contributed by atoms with van der Waals surface area (Å²) in [5, 5.41) is 0. The molecule has 10 heteroatoms. The summed E-state index contributed by atoms with van der Waals surface area (Å²) in [7, 11) is 0. The Balaban J connectivity index is 1.77. The van der Waals surface area contributed by atoms with Crippen LogP contribution in [0, 0.1) is 6.92 Å². The maximum Gasteiger partial charge on any atom is 0.586 e. The molecule has 0 saturated heterocycles. The zero-order chi connectivity index (χ0) is 17.6. The van der Waals surface area contributed by atoms with Gasteiger partial charge in [0, 0.05) is 29.5 Å². The number of fused-ring (bicyclic) bond motifs is 1. The summed E-state index contributed by atoms with van der Waals surface area (Å²) < 4.78 is 38.0. The molecule has 1 aromatic carbocycles. The summed E-state index contributed by atoms with van der Waals surface area (Å²) in [5.41, 5.74) is 0.515. The average Bonchev–Trinajstić information content (AvgIpc) is 3.23. The van der Waals surface area contributed by atoms with E-state index in [4.69, 9.17) is 0 Å². The molecule has 1 amide bonds. The second-order valence-electron chi connectivity index (χ2n) is 5.16. The Morgan fingerprint density at radius 2 is 2.12 bits per heavy atom. The molecule has 25 heavy (non-hydrogen) atoms. The van der Waals surface area contributed by atoms with Gasteiger partial charge in [-0.2, -0.15) is 4.99 Å². The van der Waals surface area contributed by atoms with Crippen LogP contribution in [0.25, 0.3) is 5.69 Å². The fourth-order valence-electron chi connectivity index (χ4n) is 2.32. The van der Waals surface area contributed by atoms with Gasteiger partial charge in [0.1, 0.15) is 6.33 Å². The summed E-state index contributed by atoms with van der Waals surface area (Å²) in [4.78, 5) is 21.3. The Morgan fingerprint density at radius 1 is 1.32 bits per heavy atom. The highest BCUT2D eigenvalue weighted by Crippen LogP contribution is 2.41. The van der Waals surface area contributed by atoms with E-state index in [-0.39, 0.29) is 11.5 Å². The third-order valence-corrected chi connectivity index (χ3v) is 4.25. The van der Waals surface area contributed by atoms with Crippen molar-refractivity contribution >= 4 is 17.4 Å². The quantitative estimate of drug-likeness (QED) is 0.666. The highest BCUT2D eigenvalue weighted by Gasteiger charge is 2.43. The summed E-state index contributed by atoms with van der Waals surface area (Å²) >= 11 is 1.29. The molecule has 4 rings (SSSR count). The number of nitrogens with zero attached hydrogens (tertiary/aromatic N) is 4. The first-order chi connectivity index (χ1) is 11.9. The van der Waals surface area contributed by atoms with E-state index in [9.17, 15) is 13.6 Å². The highest BCUT2D eigenvalue weighted by molar-refractivity contribution is 7.09. The van der Waals surface area contributed by atoms with Crippen molar-refractivity contribution < 1.29 is 23.0 Å². The van der Waals surface area contributed by atoms with Crippen LogP contribution in [0.15, 0.2) is 48.1 Å². The fraction of sp³-hybridized carbons (Fsp3) is 0.133. The number of aromatic nitrogens is 3. The molecule has 0 saturated carbocycles. The van der Waals surface area contributed by atoms with E-state index in [1.165, 1.54) is 46.8 Å². The van der Waals surface area contributed by atoms with Crippen LogP contribution in [0.4, 0.5) is 13.6 Å². The Hall–Kier alpha value is -3.01. The van der Waals surface area contributed by atoms with Crippen LogP contribution in [0.3, 0.4) is 0 Å². The van der Waals surface area contributed by atoms with E-state index in [2.05, 4.69) is 19.5 Å². The first-order valence-electron chi connectivity index (χ1n) is 7.08. The number of hydrogen-bond donors (Lipinski definition) is 0. The van der Waals surface area contributed by atoms with Gasteiger partial charge in [-0.1, -0.05) is 0 Å². The van der Waals surface area contributed by atoms with Gasteiger partial charge in [-0.3, -0.25) is 9.13 Å². The molecule has 3 aromatic rings. The van der Waals surface area contributed by atoms with Crippen molar-refractivity contribution in [2.75, 3.05) is 0 Å². The highest BCUT2D eigenvalue weighted by atomic mass is 32.1. The van der Waals surface area contributed by atoms with Crippen molar-refractivity contribution in [2.45, 2.75) is 13.2 Å². The summed E-state index contributed by atoms with van der Waals surface area (Å²) in [6.07, 6.45) is 2.37. The van der Waals surface area contributed by atoms with Gasteiger partial charge >= 0.3 is 12.3 Å². The van der Waals surface area contributed by atoms with Gasteiger partial charge in [-0.15, -0.1) is 20.1 Å². The lowest BCUT2D eigenvalue weighted by atomic mass is 10.3. The number of carbonyl (C=O) groups is 1. The Morgan fingerprint density at radius 3 is 2.88 bits per heavy atom. The van der Waals surface area contributed by atoms with Gasteiger partial charge in [-0.25, -0.2) is 9.78 Å². The number of alkyl halides is 2. The lowest BCUT2D eigenvalue weighted by Crippen LogP contribution is -2.25. The molecule has 0 fully saturated rings. The molecule has 128 valence electrons. The molecule has 0 aliphatic carbocycles. The average molecular weight is 364 g/mol. The van der Waals surface area contributed by atoms with Gasteiger partial charge in [0.05, 0.1) is 5.69 Å².